The van der Waals surface area contributed by atoms with E-state index in [1.165, 1.54) is 0 Å². The molecule has 0 bridgehead atoms. The average Bonchev–Trinajstić information content (AvgIpc) is 3.17. The van der Waals surface area contributed by atoms with Gasteiger partial charge in [0, 0.05) is 5.69 Å². The van der Waals surface area contributed by atoms with Gasteiger partial charge in [-0.15, -0.1) is 0 Å². The third-order valence-electron chi connectivity index (χ3n) is 5.68. The Morgan fingerprint density at radius 1 is 1.05 bits per heavy atom. The van der Waals surface area contributed by atoms with Crippen LogP contribution in [-0.2, 0) is 16.2 Å². The van der Waals surface area contributed by atoms with Crippen molar-refractivity contribution >= 4 is 52.2 Å². The highest BCUT2D eigenvalue weighted by molar-refractivity contribution is 8.18. The summed E-state index contributed by atoms with van der Waals surface area (Å²) in [6.45, 7) is 4.12. The second-order valence-electron chi connectivity index (χ2n) is 8.58. The van der Waals surface area contributed by atoms with E-state index in [0.717, 1.165) is 27.8 Å². The Morgan fingerprint density at radius 2 is 1.77 bits per heavy atom. The molecule has 3 aromatic carbocycles. The van der Waals surface area contributed by atoms with Crippen molar-refractivity contribution in [2.75, 3.05) is 25.6 Å². The number of anilines is 1. The van der Waals surface area contributed by atoms with E-state index in [-0.39, 0.29) is 4.91 Å². The molecule has 0 unspecified atom stereocenters. The largest absolute Gasteiger partial charge is 0.497 e. The Kier molecular flexibility index (Phi) is 9.16. The van der Waals surface area contributed by atoms with Crippen LogP contribution in [0.1, 0.15) is 23.6 Å². The zero-order valence-corrected chi connectivity index (χ0v) is 23.2. The first-order chi connectivity index (χ1) is 18.8. The van der Waals surface area contributed by atoms with Crippen LogP contribution < -0.4 is 19.5 Å². The standard InChI is InChI=1S/C29H27ClN2O6S/c1-4-37-24-14-20(13-23(30)27(24)38-17-19-7-5-18(2)6-8-19)15-25-28(34)32(29(35)39-25)16-26(33)31-21-9-11-22(36-3)12-10-21/h5-15H,4,16-17H2,1-3H3,(H,31,33)/b25-15+. The fourth-order valence-corrected chi connectivity index (χ4v) is 4.83. The van der Waals surface area contributed by atoms with Gasteiger partial charge in [-0.2, -0.15) is 0 Å². The first-order valence-electron chi connectivity index (χ1n) is 12.1. The summed E-state index contributed by atoms with van der Waals surface area (Å²) in [5, 5.41) is 2.44. The molecule has 1 aliphatic heterocycles. The average molecular weight is 567 g/mol. The lowest BCUT2D eigenvalue weighted by Gasteiger charge is -2.15. The summed E-state index contributed by atoms with van der Waals surface area (Å²) >= 11 is 7.30. The molecule has 0 aliphatic carbocycles. The minimum Gasteiger partial charge on any atom is -0.497 e. The van der Waals surface area contributed by atoms with E-state index in [2.05, 4.69) is 5.32 Å². The van der Waals surface area contributed by atoms with Gasteiger partial charge in [0.25, 0.3) is 11.1 Å². The zero-order valence-electron chi connectivity index (χ0n) is 21.7. The van der Waals surface area contributed by atoms with Crippen LogP contribution in [0.25, 0.3) is 6.08 Å². The molecule has 202 valence electrons. The van der Waals surface area contributed by atoms with Crippen molar-refractivity contribution in [3.63, 3.8) is 0 Å². The molecule has 8 nitrogen and oxygen atoms in total. The third-order valence-corrected chi connectivity index (χ3v) is 6.87. The molecule has 1 fully saturated rings. The van der Waals surface area contributed by atoms with Crippen molar-refractivity contribution in [1.82, 2.24) is 4.90 Å². The Balaban J connectivity index is 1.46. The fourth-order valence-electron chi connectivity index (χ4n) is 3.72. The number of ether oxygens (including phenoxy) is 3. The number of halogens is 1. The van der Waals surface area contributed by atoms with Crippen molar-refractivity contribution in [1.29, 1.82) is 0 Å². The summed E-state index contributed by atoms with van der Waals surface area (Å²) in [4.78, 5) is 39.1. The number of nitrogens with zero attached hydrogens (tertiary/aromatic N) is 1. The van der Waals surface area contributed by atoms with Crippen LogP contribution >= 0.6 is 23.4 Å². The highest BCUT2D eigenvalue weighted by Gasteiger charge is 2.36. The Hall–Kier alpha value is -3.95. The van der Waals surface area contributed by atoms with E-state index in [9.17, 15) is 14.4 Å². The second kappa shape index (κ2) is 12.7. The topological polar surface area (TPSA) is 94.2 Å². The molecule has 0 spiro atoms. The number of hydrogen-bond donors (Lipinski definition) is 1. The minimum absolute atomic E-state index is 0.170. The maximum Gasteiger partial charge on any atom is 0.294 e. The summed E-state index contributed by atoms with van der Waals surface area (Å²) in [6.07, 6.45) is 1.55. The molecule has 10 heteroatoms. The Bertz CT molecular complexity index is 1410. The number of thioether (sulfide) groups is 1. The van der Waals surface area contributed by atoms with Crippen LogP contribution in [-0.4, -0.2) is 42.2 Å². The van der Waals surface area contributed by atoms with Crippen LogP contribution in [0.3, 0.4) is 0 Å². The van der Waals surface area contributed by atoms with Crippen molar-refractivity contribution < 1.29 is 28.6 Å². The predicted octanol–water partition coefficient (Wildman–Crippen LogP) is 6.31. The van der Waals surface area contributed by atoms with Crippen molar-refractivity contribution in [3.05, 3.63) is 87.3 Å². The maximum atomic E-state index is 13.0. The van der Waals surface area contributed by atoms with Crippen LogP contribution in [0.4, 0.5) is 10.5 Å². The summed E-state index contributed by atoms with van der Waals surface area (Å²) in [7, 11) is 1.54. The molecule has 39 heavy (non-hydrogen) atoms. The smallest absolute Gasteiger partial charge is 0.294 e. The van der Waals surface area contributed by atoms with Gasteiger partial charge in [-0.25, -0.2) is 0 Å². The number of hydrogen-bond acceptors (Lipinski definition) is 7. The molecule has 1 aliphatic rings. The Morgan fingerprint density at radius 3 is 2.44 bits per heavy atom. The normalized spacial score (nSPS) is 14.1. The lowest BCUT2D eigenvalue weighted by molar-refractivity contribution is -0.127. The summed E-state index contributed by atoms with van der Waals surface area (Å²) in [5.74, 6) is 0.382. The second-order valence-corrected chi connectivity index (χ2v) is 9.98. The summed E-state index contributed by atoms with van der Waals surface area (Å²) < 4.78 is 16.8. The maximum absolute atomic E-state index is 13.0. The molecule has 0 saturated carbocycles. The summed E-state index contributed by atoms with van der Waals surface area (Å²) in [6, 6.07) is 18.0. The quantitative estimate of drug-likeness (QED) is 0.287. The van der Waals surface area contributed by atoms with Gasteiger partial charge >= 0.3 is 0 Å². The van der Waals surface area contributed by atoms with Gasteiger partial charge in [0.15, 0.2) is 11.5 Å². The molecular formula is C29H27ClN2O6S. The zero-order chi connectivity index (χ0) is 27.9. The molecule has 3 amide bonds. The van der Waals surface area contributed by atoms with Crippen LogP contribution in [0.2, 0.25) is 5.02 Å². The number of methoxy groups -OCH3 is 1. The molecule has 0 aromatic heterocycles. The van der Waals surface area contributed by atoms with Gasteiger partial charge in [0.2, 0.25) is 5.91 Å². The van der Waals surface area contributed by atoms with E-state index in [4.69, 9.17) is 25.8 Å². The summed E-state index contributed by atoms with van der Waals surface area (Å²) in [5.41, 5.74) is 3.21. The Labute approximate surface area is 235 Å². The molecular weight excluding hydrogens is 540 g/mol. The SMILES string of the molecule is CCOc1cc(/C=C2/SC(=O)N(CC(=O)Nc3ccc(OC)cc3)C2=O)cc(Cl)c1OCc1ccc(C)cc1. The number of nitrogens with one attached hydrogen (secondary N) is 1. The number of carbonyl (C=O) groups is 3. The van der Waals surface area contributed by atoms with Crippen LogP contribution in [0.5, 0.6) is 17.2 Å². The van der Waals surface area contributed by atoms with Crippen LogP contribution in [0, 0.1) is 6.92 Å². The van der Waals surface area contributed by atoms with E-state index in [0.29, 0.717) is 46.7 Å². The van der Waals surface area contributed by atoms with Gasteiger partial charge in [-0.3, -0.25) is 19.3 Å². The number of benzene rings is 3. The first kappa shape index (κ1) is 28.1. The third kappa shape index (κ3) is 7.13. The molecule has 4 rings (SSSR count). The molecule has 1 heterocycles. The van der Waals surface area contributed by atoms with E-state index in [1.807, 2.05) is 38.1 Å². The van der Waals surface area contributed by atoms with Gasteiger partial charge in [-0.1, -0.05) is 41.4 Å². The minimum atomic E-state index is -0.566. The van der Waals surface area contributed by atoms with E-state index < -0.39 is 23.6 Å². The molecule has 3 aromatic rings. The highest BCUT2D eigenvalue weighted by Crippen LogP contribution is 2.39. The first-order valence-corrected chi connectivity index (χ1v) is 13.3. The van der Waals surface area contributed by atoms with Gasteiger partial charge in [0.05, 0.1) is 23.6 Å². The van der Waals surface area contributed by atoms with Crippen molar-refractivity contribution in [3.8, 4) is 17.2 Å². The number of imide groups is 1. The highest BCUT2D eigenvalue weighted by atomic mass is 35.5. The molecule has 0 atom stereocenters. The van der Waals surface area contributed by atoms with Crippen LogP contribution in [0.15, 0.2) is 65.6 Å². The fraction of sp³-hybridized carbons (Fsp3) is 0.207. The van der Waals surface area contributed by atoms with Gasteiger partial charge < -0.3 is 19.5 Å². The number of carbonyl (C=O) groups excluding carboxylic acids is 3. The van der Waals surface area contributed by atoms with E-state index in [1.54, 1.807) is 49.6 Å². The number of amides is 3. The molecule has 1 N–H and O–H groups in total. The lowest BCUT2D eigenvalue weighted by Crippen LogP contribution is -2.36. The lowest BCUT2D eigenvalue weighted by atomic mass is 10.1. The molecule has 1 saturated heterocycles. The predicted molar refractivity (Wildman–Crippen MR) is 152 cm³/mol. The van der Waals surface area contributed by atoms with E-state index >= 15 is 0 Å². The van der Waals surface area contributed by atoms with Gasteiger partial charge in [-0.05, 0) is 79.2 Å². The van der Waals surface area contributed by atoms with Crippen molar-refractivity contribution in [2.45, 2.75) is 20.5 Å². The molecule has 0 radical (unpaired) electrons. The van der Waals surface area contributed by atoms with Crippen molar-refractivity contribution in [2.24, 2.45) is 0 Å². The number of rotatable bonds is 10. The van der Waals surface area contributed by atoms with Gasteiger partial charge in [0.1, 0.15) is 18.9 Å². The monoisotopic (exact) mass is 566 g/mol. The number of aryl methyl sites for hydroxylation is 1.